The first-order chi connectivity index (χ1) is 13.7. The van der Waals surface area contributed by atoms with E-state index >= 15 is 0 Å². The van der Waals surface area contributed by atoms with Crippen molar-refractivity contribution in [3.63, 3.8) is 0 Å². The van der Waals surface area contributed by atoms with Crippen molar-refractivity contribution in [2.24, 2.45) is 0 Å². The fourth-order valence-corrected chi connectivity index (χ4v) is 2.83. The molecule has 0 aromatic rings. The summed E-state index contributed by atoms with van der Waals surface area (Å²) in [6.07, 6.45) is 15.1. The van der Waals surface area contributed by atoms with E-state index in [0.29, 0.717) is 39.1 Å². The molecule has 0 bridgehead atoms. The Bertz CT molecular complexity index is 330. The van der Waals surface area contributed by atoms with Gasteiger partial charge in [0.05, 0.1) is 13.2 Å². The van der Waals surface area contributed by atoms with Crippen LogP contribution in [0, 0.1) is 0 Å². The summed E-state index contributed by atoms with van der Waals surface area (Å²) < 4.78 is 10.2. The topological polar surface area (TPSA) is 76.7 Å². The lowest BCUT2D eigenvalue weighted by Crippen LogP contribution is -2.26. The number of carbonyl (C=O) groups is 2. The van der Waals surface area contributed by atoms with Gasteiger partial charge in [0.1, 0.15) is 0 Å². The van der Waals surface area contributed by atoms with Gasteiger partial charge in [-0.2, -0.15) is 0 Å². The van der Waals surface area contributed by atoms with E-state index < -0.39 is 0 Å². The molecule has 0 radical (unpaired) electrons. The van der Waals surface area contributed by atoms with Crippen LogP contribution >= 0.6 is 0 Å². The van der Waals surface area contributed by atoms with Gasteiger partial charge in [-0.3, -0.25) is 0 Å². The van der Waals surface area contributed by atoms with Crippen LogP contribution in [-0.2, 0) is 9.47 Å². The number of amides is 2. The van der Waals surface area contributed by atoms with Crippen molar-refractivity contribution in [2.45, 2.75) is 104 Å². The van der Waals surface area contributed by atoms with Crippen LogP contribution in [0.2, 0.25) is 0 Å². The van der Waals surface area contributed by atoms with Gasteiger partial charge in [-0.25, -0.2) is 9.59 Å². The lowest BCUT2D eigenvalue weighted by Gasteiger charge is -2.08. The van der Waals surface area contributed by atoms with E-state index in [1.165, 1.54) is 51.4 Å². The Morgan fingerprint density at radius 1 is 0.536 bits per heavy atom. The van der Waals surface area contributed by atoms with Gasteiger partial charge < -0.3 is 20.1 Å². The van der Waals surface area contributed by atoms with Crippen LogP contribution in [0.5, 0.6) is 0 Å². The average molecular weight is 401 g/mol. The second kappa shape index (κ2) is 21.8. The molecular formula is C22H44N2O4. The van der Waals surface area contributed by atoms with Crippen LogP contribution in [0.25, 0.3) is 0 Å². The number of hydrogen-bond donors (Lipinski definition) is 2. The van der Waals surface area contributed by atoms with Crippen molar-refractivity contribution in [1.29, 1.82) is 0 Å². The Morgan fingerprint density at radius 2 is 0.893 bits per heavy atom. The first-order valence-corrected chi connectivity index (χ1v) is 11.5. The molecule has 0 heterocycles. The third-order valence-corrected chi connectivity index (χ3v) is 4.60. The Morgan fingerprint density at radius 3 is 1.29 bits per heavy atom. The van der Waals surface area contributed by atoms with E-state index in [1.54, 1.807) is 0 Å². The molecule has 0 aliphatic carbocycles. The maximum atomic E-state index is 11.5. The fraction of sp³-hybridized carbons (Fsp3) is 0.909. The Labute approximate surface area is 172 Å². The maximum Gasteiger partial charge on any atom is 0.407 e. The van der Waals surface area contributed by atoms with Gasteiger partial charge in [0, 0.05) is 13.1 Å². The van der Waals surface area contributed by atoms with Crippen LogP contribution in [0.15, 0.2) is 0 Å². The monoisotopic (exact) mass is 400 g/mol. The molecule has 0 atom stereocenters. The molecule has 0 aliphatic heterocycles. The van der Waals surface area contributed by atoms with E-state index in [-0.39, 0.29) is 12.2 Å². The van der Waals surface area contributed by atoms with Crippen LogP contribution in [0.3, 0.4) is 0 Å². The summed E-state index contributed by atoms with van der Waals surface area (Å²) in [6.45, 7) is 6.46. The van der Waals surface area contributed by atoms with Crippen molar-refractivity contribution >= 4 is 12.2 Å². The van der Waals surface area contributed by atoms with Gasteiger partial charge in [0.25, 0.3) is 0 Å². The number of alkyl carbamates (subject to hydrolysis) is 2. The molecular weight excluding hydrogens is 356 g/mol. The van der Waals surface area contributed by atoms with E-state index in [4.69, 9.17) is 9.47 Å². The minimum absolute atomic E-state index is 0.352. The minimum Gasteiger partial charge on any atom is -0.450 e. The molecule has 0 aromatic carbocycles. The van der Waals surface area contributed by atoms with Crippen LogP contribution in [0.1, 0.15) is 104 Å². The largest absolute Gasteiger partial charge is 0.450 e. The van der Waals surface area contributed by atoms with Gasteiger partial charge in [-0.15, -0.1) is 0 Å². The summed E-state index contributed by atoms with van der Waals surface area (Å²) in [6, 6.07) is 0. The highest BCUT2D eigenvalue weighted by molar-refractivity contribution is 5.67. The number of nitrogens with one attached hydrogen (secondary N) is 2. The van der Waals surface area contributed by atoms with Crippen molar-refractivity contribution in [3.05, 3.63) is 0 Å². The summed E-state index contributed by atoms with van der Waals surface area (Å²) >= 11 is 0. The van der Waals surface area contributed by atoms with Crippen LogP contribution < -0.4 is 10.6 Å². The van der Waals surface area contributed by atoms with Crippen molar-refractivity contribution in [3.8, 4) is 0 Å². The lowest BCUT2D eigenvalue weighted by molar-refractivity contribution is 0.128. The highest BCUT2D eigenvalue weighted by Gasteiger charge is 2.03. The number of unbranched alkanes of at least 4 members (excludes halogenated alkanes) is 11. The van der Waals surface area contributed by atoms with Gasteiger partial charge in [0.15, 0.2) is 0 Å². The molecule has 6 nitrogen and oxygen atoms in total. The molecule has 2 amide bonds. The number of ether oxygens (including phenoxy) is 2. The predicted octanol–water partition coefficient (Wildman–Crippen LogP) is 5.94. The summed E-state index contributed by atoms with van der Waals surface area (Å²) in [5.41, 5.74) is 0. The molecule has 6 heteroatoms. The SMILES string of the molecule is CCCCCCCCNC(=O)OCCCCOC(=O)NCCCCCCCC. The lowest BCUT2D eigenvalue weighted by atomic mass is 10.1. The number of carbonyl (C=O) groups excluding carboxylic acids is 2. The smallest absolute Gasteiger partial charge is 0.407 e. The highest BCUT2D eigenvalue weighted by atomic mass is 16.6. The molecule has 0 saturated heterocycles. The van der Waals surface area contributed by atoms with E-state index in [1.807, 2.05) is 0 Å². The Balaban J connectivity index is 3.28. The third kappa shape index (κ3) is 20.8. The normalized spacial score (nSPS) is 10.5. The van der Waals surface area contributed by atoms with Gasteiger partial charge >= 0.3 is 12.2 Å². The standard InChI is InChI=1S/C22H44N2O4/c1-3-5-7-9-11-13-17-23-21(25)27-19-15-16-20-28-22(26)24-18-14-12-10-8-6-4-2/h3-20H2,1-2H3,(H,23,25)(H,24,26). The molecule has 0 aliphatic rings. The molecule has 28 heavy (non-hydrogen) atoms. The molecule has 2 N–H and O–H groups in total. The summed E-state index contributed by atoms with van der Waals surface area (Å²) in [7, 11) is 0. The molecule has 0 spiro atoms. The Hall–Kier alpha value is -1.46. The van der Waals surface area contributed by atoms with Crippen molar-refractivity contribution in [1.82, 2.24) is 10.6 Å². The van der Waals surface area contributed by atoms with Gasteiger partial charge in [-0.05, 0) is 25.7 Å². The predicted molar refractivity (Wildman–Crippen MR) is 115 cm³/mol. The zero-order valence-corrected chi connectivity index (χ0v) is 18.4. The minimum atomic E-state index is -0.355. The van der Waals surface area contributed by atoms with E-state index in [2.05, 4.69) is 24.5 Å². The summed E-state index contributed by atoms with van der Waals surface area (Å²) in [5.74, 6) is 0. The average Bonchev–Trinajstić information content (AvgIpc) is 2.69. The van der Waals surface area contributed by atoms with Crippen molar-refractivity contribution < 1.29 is 19.1 Å². The summed E-state index contributed by atoms with van der Waals surface area (Å²) in [5, 5.41) is 5.54. The maximum absolute atomic E-state index is 11.5. The first-order valence-electron chi connectivity index (χ1n) is 11.5. The zero-order chi connectivity index (χ0) is 20.7. The zero-order valence-electron chi connectivity index (χ0n) is 18.4. The number of rotatable bonds is 19. The molecule has 0 saturated carbocycles. The van der Waals surface area contributed by atoms with Crippen LogP contribution in [-0.4, -0.2) is 38.5 Å². The number of hydrogen-bond acceptors (Lipinski definition) is 4. The fourth-order valence-electron chi connectivity index (χ4n) is 2.83. The van der Waals surface area contributed by atoms with E-state index in [0.717, 1.165) is 25.7 Å². The third-order valence-electron chi connectivity index (χ3n) is 4.60. The van der Waals surface area contributed by atoms with Gasteiger partial charge in [0.2, 0.25) is 0 Å². The second-order valence-corrected chi connectivity index (χ2v) is 7.37. The van der Waals surface area contributed by atoms with Crippen molar-refractivity contribution in [2.75, 3.05) is 26.3 Å². The highest BCUT2D eigenvalue weighted by Crippen LogP contribution is 2.05. The molecule has 0 aromatic heterocycles. The summed E-state index contributed by atoms with van der Waals surface area (Å²) in [4.78, 5) is 23.0. The quantitative estimate of drug-likeness (QED) is 0.263. The second-order valence-electron chi connectivity index (χ2n) is 7.37. The molecule has 0 unspecified atom stereocenters. The van der Waals surface area contributed by atoms with E-state index in [9.17, 15) is 9.59 Å². The molecule has 166 valence electrons. The molecule has 0 rings (SSSR count). The Kier molecular flexibility index (Phi) is 20.7. The molecule has 0 fully saturated rings. The van der Waals surface area contributed by atoms with Gasteiger partial charge in [-0.1, -0.05) is 78.1 Å². The van der Waals surface area contributed by atoms with Crippen LogP contribution in [0.4, 0.5) is 9.59 Å². The first kappa shape index (κ1) is 26.5.